The van der Waals surface area contributed by atoms with Crippen molar-refractivity contribution in [3.05, 3.63) is 29.8 Å². The van der Waals surface area contributed by atoms with Gasteiger partial charge < -0.3 is 9.64 Å². The first-order valence-corrected chi connectivity index (χ1v) is 5.92. The Morgan fingerprint density at radius 1 is 1.29 bits per heavy atom. The summed E-state index contributed by atoms with van der Waals surface area (Å²) in [4.78, 5) is 2.13. The van der Waals surface area contributed by atoms with Crippen molar-refractivity contribution in [1.82, 2.24) is 0 Å². The Morgan fingerprint density at radius 3 is 2.47 bits per heavy atom. The monoisotopic (exact) mass is 232 g/mol. The minimum atomic E-state index is 0.579. The normalized spacial score (nSPS) is 10.3. The Morgan fingerprint density at radius 2 is 1.94 bits per heavy atom. The maximum Gasteiger partial charge on any atom is 0.0991 e. The van der Waals surface area contributed by atoms with Crippen molar-refractivity contribution in [3.63, 3.8) is 0 Å². The highest BCUT2D eigenvalue weighted by Gasteiger charge is 2.01. The first kappa shape index (κ1) is 13.5. The summed E-state index contributed by atoms with van der Waals surface area (Å²) in [6, 6.07) is 9.70. The fourth-order valence-corrected chi connectivity index (χ4v) is 1.44. The second-order valence-corrected chi connectivity index (χ2v) is 4.55. The van der Waals surface area contributed by atoms with Crippen LogP contribution in [0.25, 0.3) is 0 Å². The van der Waals surface area contributed by atoms with Crippen LogP contribution in [0.4, 0.5) is 5.69 Å². The van der Waals surface area contributed by atoms with E-state index in [0.717, 1.165) is 25.4 Å². The Kier molecular flexibility index (Phi) is 5.51. The number of nitrogens with zero attached hydrogens (tertiary/aromatic N) is 2. The van der Waals surface area contributed by atoms with Gasteiger partial charge in [-0.3, -0.25) is 0 Å². The van der Waals surface area contributed by atoms with Crippen LogP contribution in [0, 0.1) is 17.2 Å². The van der Waals surface area contributed by atoms with Crippen LogP contribution in [0.3, 0.4) is 0 Å². The van der Waals surface area contributed by atoms with Crippen LogP contribution in [-0.2, 0) is 4.74 Å². The van der Waals surface area contributed by atoms with E-state index in [4.69, 9.17) is 10.00 Å². The molecule has 0 aliphatic rings. The van der Waals surface area contributed by atoms with E-state index < -0.39 is 0 Å². The molecule has 0 atom stereocenters. The summed E-state index contributed by atoms with van der Waals surface area (Å²) in [6.45, 7) is 6.68. The second kappa shape index (κ2) is 6.93. The van der Waals surface area contributed by atoms with Crippen LogP contribution < -0.4 is 4.90 Å². The van der Waals surface area contributed by atoms with Gasteiger partial charge in [0.1, 0.15) is 0 Å². The molecule has 3 nitrogen and oxygen atoms in total. The number of rotatable bonds is 6. The van der Waals surface area contributed by atoms with E-state index >= 15 is 0 Å². The summed E-state index contributed by atoms with van der Waals surface area (Å²) < 4.78 is 5.54. The van der Waals surface area contributed by atoms with Crippen LogP contribution >= 0.6 is 0 Å². The lowest BCUT2D eigenvalue weighted by atomic mass is 10.2. The Hall–Kier alpha value is -1.53. The number of ether oxygens (including phenoxy) is 1. The lowest BCUT2D eigenvalue weighted by Gasteiger charge is -2.19. The number of anilines is 1. The highest BCUT2D eigenvalue weighted by molar-refractivity contribution is 5.48. The molecule has 1 aromatic carbocycles. The van der Waals surface area contributed by atoms with Gasteiger partial charge in [-0.15, -0.1) is 0 Å². The molecule has 0 fully saturated rings. The summed E-state index contributed by atoms with van der Waals surface area (Å²) in [5.74, 6) is 0.579. The van der Waals surface area contributed by atoms with Gasteiger partial charge >= 0.3 is 0 Å². The van der Waals surface area contributed by atoms with Crippen LogP contribution in [0.2, 0.25) is 0 Å². The summed E-state index contributed by atoms with van der Waals surface area (Å²) in [6.07, 6.45) is 0. The van der Waals surface area contributed by atoms with Gasteiger partial charge in [-0.1, -0.05) is 13.8 Å². The van der Waals surface area contributed by atoms with E-state index in [2.05, 4.69) is 24.8 Å². The van der Waals surface area contributed by atoms with Crippen LogP contribution in [-0.4, -0.2) is 26.8 Å². The first-order chi connectivity index (χ1) is 8.13. The molecule has 0 heterocycles. The molecule has 3 heteroatoms. The molecular formula is C14H20N2O. The zero-order valence-corrected chi connectivity index (χ0v) is 10.8. The highest BCUT2D eigenvalue weighted by atomic mass is 16.5. The molecule has 0 bridgehead atoms. The third-order valence-corrected chi connectivity index (χ3v) is 2.46. The predicted octanol–water partition coefficient (Wildman–Crippen LogP) is 2.67. The molecule has 0 aliphatic carbocycles. The second-order valence-electron chi connectivity index (χ2n) is 4.55. The van der Waals surface area contributed by atoms with Crippen molar-refractivity contribution in [3.8, 4) is 6.07 Å². The van der Waals surface area contributed by atoms with Gasteiger partial charge in [0.15, 0.2) is 0 Å². The minimum Gasteiger partial charge on any atom is -0.379 e. The third-order valence-electron chi connectivity index (χ3n) is 2.46. The molecule has 0 amide bonds. The Balaban J connectivity index is 2.36. The molecule has 0 N–H and O–H groups in total. The van der Waals surface area contributed by atoms with Crippen molar-refractivity contribution in [2.45, 2.75) is 13.8 Å². The molecule has 0 saturated carbocycles. The fraction of sp³-hybridized carbons (Fsp3) is 0.500. The van der Waals surface area contributed by atoms with Crippen molar-refractivity contribution in [2.24, 2.45) is 5.92 Å². The molecule has 0 spiro atoms. The lowest BCUT2D eigenvalue weighted by molar-refractivity contribution is 0.116. The molecule has 0 aromatic heterocycles. The van der Waals surface area contributed by atoms with Crippen molar-refractivity contribution < 1.29 is 4.74 Å². The Bertz CT molecular complexity index is 365. The average Bonchev–Trinajstić information content (AvgIpc) is 2.34. The Labute approximate surface area is 104 Å². The first-order valence-electron chi connectivity index (χ1n) is 5.92. The van der Waals surface area contributed by atoms with Gasteiger partial charge in [-0.2, -0.15) is 5.26 Å². The number of benzene rings is 1. The molecular weight excluding hydrogens is 212 g/mol. The number of nitriles is 1. The maximum absolute atomic E-state index is 8.71. The van der Waals surface area contributed by atoms with E-state index in [0.29, 0.717) is 11.5 Å². The van der Waals surface area contributed by atoms with Crippen LogP contribution in [0.15, 0.2) is 24.3 Å². The van der Waals surface area contributed by atoms with Crippen molar-refractivity contribution >= 4 is 5.69 Å². The summed E-state index contributed by atoms with van der Waals surface area (Å²) in [5.41, 5.74) is 1.80. The predicted molar refractivity (Wildman–Crippen MR) is 70.1 cm³/mol. The van der Waals surface area contributed by atoms with Crippen molar-refractivity contribution in [2.75, 3.05) is 31.7 Å². The summed E-state index contributed by atoms with van der Waals surface area (Å²) >= 11 is 0. The SMILES string of the molecule is CC(C)COCCN(C)c1ccc(C#N)cc1. The van der Waals surface area contributed by atoms with E-state index in [1.54, 1.807) is 0 Å². The van der Waals surface area contributed by atoms with Crippen LogP contribution in [0.1, 0.15) is 19.4 Å². The van der Waals surface area contributed by atoms with Gasteiger partial charge in [0.05, 0.1) is 18.2 Å². The largest absolute Gasteiger partial charge is 0.379 e. The zero-order chi connectivity index (χ0) is 12.7. The quantitative estimate of drug-likeness (QED) is 0.707. The smallest absolute Gasteiger partial charge is 0.0991 e. The zero-order valence-electron chi connectivity index (χ0n) is 10.8. The van der Waals surface area contributed by atoms with Gasteiger partial charge in [0.25, 0.3) is 0 Å². The maximum atomic E-state index is 8.71. The van der Waals surface area contributed by atoms with Crippen molar-refractivity contribution in [1.29, 1.82) is 5.26 Å². The fourth-order valence-electron chi connectivity index (χ4n) is 1.44. The number of likely N-dealkylation sites (N-methyl/N-ethyl adjacent to an activating group) is 1. The summed E-state index contributed by atoms with van der Waals surface area (Å²) in [5, 5.41) is 8.71. The van der Waals surface area contributed by atoms with Crippen LogP contribution in [0.5, 0.6) is 0 Å². The van der Waals surface area contributed by atoms with Gasteiger partial charge in [0.2, 0.25) is 0 Å². The third kappa shape index (κ3) is 4.88. The molecule has 92 valence electrons. The molecule has 17 heavy (non-hydrogen) atoms. The van der Waals surface area contributed by atoms with E-state index in [1.165, 1.54) is 0 Å². The lowest BCUT2D eigenvalue weighted by Crippen LogP contribution is -2.23. The molecule has 1 aromatic rings. The number of hydrogen-bond donors (Lipinski definition) is 0. The minimum absolute atomic E-state index is 0.579. The van der Waals surface area contributed by atoms with E-state index in [9.17, 15) is 0 Å². The molecule has 1 rings (SSSR count). The average molecular weight is 232 g/mol. The molecule has 0 unspecified atom stereocenters. The van der Waals surface area contributed by atoms with Gasteiger partial charge in [0, 0.05) is 25.9 Å². The molecule has 0 aliphatic heterocycles. The topological polar surface area (TPSA) is 36.3 Å². The van der Waals surface area contributed by atoms with E-state index in [1.807, 2.05) is 31.3 Å². The molecule has 0 saturated heterocycles. The molecule has 0 radical (unpaired) electrons. The highest BCUT2D eigenvalue weighted by Crippen LogP contribution is 2.12. The summed E-state index contributed by atoms with van der Waals surface area (Å²) in [7, 11) is 2.03. The van der Waals surface area contributed by atoms with Gasteiger partial charge in [-0.25, -0.2) is 0 Å². The standard InChI is InChI=1S/C14H20N2O/c1-12(2)11-17-9-8-16(3)14-6-4-13(10-15)5-7-14/h4-7,12H,8-9,11H2,1-3H3. The van der Waals surface area contributed by atoms with E-state index in [-0.39, 0.29) is 0 Å². The number of hydrogen-bond acceptors (Lipinski definition) is 3. The van der Waals surface area contributed by atoms with Gasteiger partial charge in [-0.05, 0) is 30.2 Å².